The Bertz CT molecular complexity index is 1220. The molecule has 0 aromatic heterocycles. The molecule has 4 aromatic carbocycles. The SMILES string of the molecule is [B]c1ccc(-c2ccc(N(c3ccccc3)c3ccc(OC(=O)C(=C)C)cc3)cc2)cc1. The molecular formula is C28H22BNO2. The number of benzene rings is 4. The molecule has 0 saturated heterocycles. The molecule has 0 amide bonds. The number of nitrogens with zero attached hydrogens (tertiary/aromatic N) is 1. The Hall–Kier alpha value is -4.05. The summed E-state index contributed by atoms with van der Waals surface area (Å²) >= 11 is 0. The number of ether oxygens (including phenoxy) is 1. The maximum Gasteiger partial charge on any atom is 0.338 e. The predicted octanol–water partition coefficient (Wildman–Crippen LogP) is 6.10. The molecule has 0 unspecified atom stereocenters. The summed E-state index contributed by atoms with van der Waals surface area (Å²) in [5.74, 6) is 0.0457. The van der Waals surface area contributed by atoms with Crippen LogP contribution >= 0.6 is 0 Å². The van der Waals surface area contributed by atoms with E-state index in [1.54, 1.807) is 19.1 Å². The highest BCUT2D eigenvalue weighted by atomic mass is 16.5. The Morgan fingerprint density at radius 3 is 1.72 bits per heavy atom. The van der Waals surface area contributed by atoms with Gasteiger partial charge in [0.1, 0.15) is 13.6 Å². The van der Waals surface area contributed by atoms with Crippen molar-refractivity contribution in [1.29, 1.82) is 0 Å². The van der Waals surface area contributed by atoms with Gasteiger partial charge >= 0.3 is 5.97 Å². The number of para-hydroxylation sites is 1. The second-order valence-electron chi connectivity index (χ2n) is 7.50. The summed E-state index contributed by atoms with van der Waals surface area (Å²) in [6.07, 6.45) is 0. The molecule has 0 spiro atoms. The van der Waals surface area contributed by atoms with Gasteiger partial charge in [0, 0.05) is 22.6 Å². The smallest absolute Gasteiger partial charge is 0.338 e. The van der Waals surface area contributed by atoms with Gasteiger partial charge < -0.3 is 9.64 Å². The molecule has 2 radical (unpaired) electrons. The first-order chi connectivity index (χ1) is 15.5. The van der Waals surface area contributed by atoms with Gasteiger partial charge in [-0.05, 0) is 66.6 Å². The Balaban J connectivity index is 1.67. The largest absolute Gasteiger partial charge is 0.423 e. The molecule has 0 fully saturated rings. The summed E-state index contributed by atoms with van der Waals surface area (Å²) in [5.41, 5.74) is 6.33. The summed E-state index contributed by atoms with van der Waals surface area (Å²) in [6, 6.07) is 33.8. The van der Waals surface area contributed by atoms with Crippen LogP contribution in [0, 0.1) is 0 Å². The zero-order valence-corrected chi connectivity index (χ0v) is 17.9. The summed E-state index contributed by atoms with van der Waals surface area (Å²) in [7, 11) is 5.81. The summed E-state index contributed by atoms with van der Waals surface area (Å²) in [6.45, 7) is 5.25. The van der Waals surface area contributed by atoms with E-state index in [-0.39, 0.29) is 0 Å². The lowest BCUT2D eigenvalue weighted by Gasteiger charge is -2.25. The van der Waals surface area contributed by atoms with Crippen LogP contribution in [-0.2, 0) is 4.79 Å². The number of carbonyl (C=O) groups excluding carboxylic acids is 1. The second-order valence-corrected chi connectivity index (χ2v) is 7.50. The van der Waals surface area contributed by atoms with Gasteiger partial charge in [0.05, 0.1) is 0 Å². The highest BCUT2D eigenvalue weighted by molar-refractivity contribution is 6.32. The average Bonchev–Trinajstić information content (AvgIpc) is 2.82. The minimum absolute atomic E-state index is 0.362. The molecular weight excluding hydrogens is 393 g/mol. The van der Waals surface area contributed by atoms with Crippen molar-refractivity contribution < 1.29 is 9.53 Å². The summed E-state index contributed by atoms with van der Waals surface area (Å²) < 4.78 is 5.33. The first kappa shape index (κ1) is 21.2. The molecule has 0 N–H and O–H groups in total. The third-order valence-electron chi connectivity index (χ3n) is 5.04. The Labute approximate surface area is 190 Å². The van der Waals surface area contributed by atoms with Crippen molar-refractivity contribution >= 4 is 36.3 Å². The van der Waals surface area contributed by atoms with Gasteiger partial charge in [0.2, 0.25) is 0 Å². The Morgan fingerprint density at radius 1 is 0.719 bits per heavy atom. The molecule has 0 bridgehead atoms. The molecule has 3 nitrogen and oxygen atoms in total. The van der Waals surface area contributed by atoms with Crippen LogP contribution in [0.5, 0.6) is 5.75 Å². The van der Waals surface area contributed by atoms with E-state index >= 15 is 0 Å². The van der Waals surface area contributed by atoms with Crippen LogP contribution in [0.1, 0.15) is 6.92 Å². The van der Waals surface area contributed by atoms with Crippen molar-refractivity contribution in [3.8, 4) is 16.9 Å². The van der Waals surface area contributed by atoms with Crippen molar-refractivity contribution in [2.24, 2.45) is 0 Å². The van der Waals surface area contributed by atoms with Crippen molar-refractivity contribution in [1.82, 2.24) is 0 Å². The number of hydrogen-bond acceptors (Lipinski definition) is 3. The molecule has 0 aliphatic carbocycles. The zero-order valence-electron chi connectivity index (χ0n) is 17.9. The molecule has 0 atom stereocenters. The van der Waals surface area contributed by atoms with Crippen molar-refractivity contribution in [2.45, 2.75) is 6.92 Å². The molecule has 32 heavy (non-hydrogen) atoms. The molecule has 154 valence electrons. The van der Waals surface area contributed by atoms with Crippen LogP contribution in [0.3, 0.4) is 0 Å². The number of rotatable bonds is 6. The number of esters is 1. The normalized spacial score (nSPS) is 10.4. The van der Waals surface area contributed by atoms with Crippen LogP contribution in [-0.4, -0.2) is 13.8 Å². The third kappa shape index (κ3) is 4.81. The fourth-order valence-electron chi connectivity index (χ4n) is 3.36. The molecule has 0 aliphatic rings. The first-order valence-corrected chi connectivity index (χ1v) is 10.3. The van der Waals surface area contributed by atoms with Gasteiger partial charge in [0.25, 0.3) is 0 Å². The van der Waals surface area contributed by atoms with Gasteiger partial charge in [-0.1, -0.05) is 66.6 Å². The van der Waals surface area contributed by atoms with Crippen molar-refractivity contribution in [3.63, 3.8) is 0 Å². The standard InChI is InChI=1S/C28H22BNO2/c1-20(2)28(31)32-27-18-16-26(17-19-27)30(24-6-4-3-5-7-24)25-14-10-22(11-15-25)21-8-12-23(29)13-9-21/h3-19H,1H2,2H3. The minimum atomic E-state index is -0.434. The molecule has 0 aliphatic heterocycles. The summed E-state index contributed by atoms with van der Waals surface area (Å²) in [5, 5.41) is 0. The number of anilines is 3. The monoisotopic (exact) mass is 415 g/mol. The third-order valence-corrected chi connectivity index (χ3v) is 5.04. The van der Waals surface area contributed by atoms with Gasteiger partial charge in [-0.15, -0.1) is 0 Å². The lowest BCUT2D eigenvalue weighted by Crippen LogP contribution is -2.11. The van der Waals surface area contributed by atoms with Gasteiger partial charge in [0.15, 0.2) is 0 Å². The fraction of sp³-hybridized carbons (Fsp3) is 0.0357. The highest BCUT2D eigenvalue weighted by Gasteiger charge is 2.13. The van der Waals surface area contributed by atoms with E-state index in [4.69, 9.17) is 12.6 Å². The zero-order chi connectivity index (χ0) is 22.5. The molecule has 0 saturated carbocycles. The first-order valence-electron chi connectivity index (χ1n) is 10.3. The van der Waals surface area contributed by atoms with Crippen LogP contribution in [0.4, 0.5) is 17.1 Å². The Morgan fingerprint density at radius 2 is 1.19 bits per heavy atom. The second kappa shape index (κ2) is 9.40. The maximum absolute atomic E-state index is 11.8. The number of carbonyl (C=O) groups is 1. The predicted molar refractivity (Wildman–Crippen MR) is 132 cm³/mol. The van der Waals surface area contributed by atoms with Crippen LogP contribution in [0.25, 0.3) is 11.1 Å². The molecule has 4 heteroatoms. The van der Waals surface area contributed by atoms with Crippen LogP contribution in [0.2, 0.25) is 0 Å². The van der Waals surface area contributed by atoms with Crippen molar-refractivity contribution in [2.75, 3.05) is 4.90 Å². The fourth-order valence-corrected chi connectivity index (χ4v) is 3.36. The van der Waals surface area contributed by atoms with E-state index in [1.807, 2.05) is 54.6 Å². The lowest BCUT2D eigenvalue weighted by atomic mass is 9.94. The quantitative estimate of drug-likeness (QED) is 0.165. The lowest BCUT2D eigenvalue weighted by molar-refractivity contribution is -0.130. The molecule has 4 aromatic rings. The minimum Gasteiger partial charge on any atom is -0.423 e. The van der Waals surface area contributed by atoms with Gasteiger partial charge in [-0.2, -0.15) is 0 Å². The molecule has 0 heterocycles. The van der Waals surface area contributed by atoms with Gasteiger partial charge in [-0.25, -0.2) is 4.79 Å². The van der Waals surface area contributed by atoms with E-state index < -0.39 is 5.97 Å². The van der Waals surface area contributed by atoms with E-state index in [2.05, 4.69) is 47.9 Å². The Kier molecular flexibility index (Phi) is 6.23. The van der Waals surface area contributed by atoms with E-state index in [1.165, 1.54) is 0 Å². The van der Waals surface area contributed by atoms with Crippen LogP contribution < -0.4 is 15.1 Å². The topological polar surface area (TPSA) is 29.5 Å². The highest BCUT2D eigenvalue weighted by Crippen LogP contribution is 2.36. The van der Waals surface area contributed by atoms with Crippen LogP contribution in [0.15, 0.2) is 115 Å². The van der Waals surface area contributed by atoms with Crippen molar-refractivity contribution in [3.05, 3.63) is 115 Å². The average molecular weight is 415 g/mol. The van der Waals surface area contributed by atoms with E-state index in [0.29, 0.717) is 11.3 Å². The summed E-state index contributed by atoms with van der Waals surface area (Å²) in [4.78, 5) is 14.0. The van der Waals surface area contributed by atoms with Gasteiger partial charge in [-0.3, -0.25) is 0 Å². The van der Waals surface area contributed by atoms with E-state index in [9.17, 15) is 4.79 Å². The maximum atomic E-state index is 11.8. The number of hydrogen-bond donors (Lipinski definition) is 0. The van der Waals surface area contributed by atoms with E-state index in [0.717, 1.165) is 33.7 Å². The molecule has 4 rings (SSSR count).